The number of nitriles is 1. The molecule has 0 bridgehead atoms. The van der Waals surface area contributed by atoms with Crippen molar-refractivity contribution in [3.05, 3.63) is 46.5 Å². The Labute approximate surface area is 156 Å². The van der Waals surface area contributed by atoms with Crippen LogP contribution in [0.3, 0.4) is 0 Å². The molecule has 1 aliphatic rings. The fourth-order valence-corrected chi connectivity index (χ4v) is 2.19. The molecule has 0 radical (unpaired) electrons. The standard InChI is InChI=1S/C18H21N5O4/c1-11(2)10-22-18(21)23-26-16(24)14(15(9-20)17(25)27-23)7-12-3-5-13(8-19)6-4-12/h3-6,11H,7-8,10,19H2,1-2H3,(H2,21,22). The van der Waals surface area contributed by atoms with E-state index in [0.717, 1.165) is 5.56 Å². The highest BCUT2D eigenvalue weighted by Crippen LogP contribution is 2.20. The second-order valence-corrected chi connectivity index (χ2v) is 6.27. The quantitative estimate of drug-likeness (QED) is 0.569. The van der Waals surface area contributed by atoms with Gasteiger partial charge in [0.15, 0.2) is 5.57 Å². The Hall–Kier alpha value is -3.38. The lowest BCUT2D eigenvalue weighted by Gasteiger charge is -2.17. The number of hydrogen-bond acceptors (Lipinski definition) is 7. The minimum atomic E-state index is -1.04. The molecule has 0 spiro atoms. The first-order valence-electron chi connectivity index (χ1n) is 8.31. The number of benzene rings is 1. The third-order valence-electron chi connectivity index (χ3n) is 3.64. The fourth-order valence-electron chi connectivity index (χ4n) is 2.19. The molecule has 0 amide bonds. The topological polar surface area (TPSA) is 144 Å². The Morgan fingerprint density at radius 2 is 1.78 bits per heavy atom. The SMILES string of the molecule is CC(C)CN=C(N)N1OC(=O)C(C#N)=C(Cc2ccc(CN)cc2)C(=O)O1. The smallest absolute Gasteiger partial charge is 0.364 e. The summed E-state index contributed by atoms with van der Waals surface area (Å²) in [4.78, 5) is 38.6. The summed E-state index contributed by atoms with van der Waals surface area (Å²) in [5, 5.41) is 9.76. The molecule has 0 aromatic heterocycles. The second-order valence-electron chi connectivity index (χ2n) is 6.27. The van der Waals surface area contributed by atoms with Gasteiger partial charge in [-0.15, -0.1) is 0 Å². The molecule has 0 saturated heterocycles. The average Bonchev–Trinajstić information content (AvgIpc) is 2.76. The lowest BCUT2D eigenvalue weighted by molar-refractivity contribution is -0.275. The summed E-state index contributed by atoms with van der Waals surface area (Å²) in [6, 6.07) is 8.80. The number of nitrogens with two attached hydrogens (primary N) is 2. The number of aliphatic imine (C=N–C) groups is 1. The largest absolute Gasteiger partial charge is 0.378 e. The first kappa shape index (κ1) is 19.9. The van der Waals surface area contributed by atoms with Crippen LogP contribution in [0.5, 0.6) is 0 Å². The Morgan fingerprint density at radius 1 is 1.19 bits per heavy atom. The number of hydrogen-bond donors (Lipinski definition) is 2. The predicted molar refractivity (Wildman–Crippen MR) is 96.0 cm³/mol. The number of carbonyl (C=O) groups is 2. The van der Waals surface area contributed by atoms with Gasteiger partial charge in [0.1, 0.15) is 6.07 Å². The van der Waals surface area contributed by atoms with Crippen molar-refractivity contribution in [2.45, 2.75) is 26.8 Å². The first-order chi connectivity index (χ1) is 12.8. The lowest BCUT2D eigenvalue weighted by atomic mass is 9.99. The third-order valence-corrected chi connectivity index (χ3v) is 3.64. The van der Waals surface area contributed by atoms with E-state index < -0.39 is 17.5 Å². The van der Waals surface area contributed by atoms with Crippen LogP contribution in [0.25, 0.3) is 0 Å². The van der Waals surface area contributed by atoms with Gasteiger partial charge >= 0.3 is 11.9 Å². The molecule has 27 heavy (non-hydrogen) atoms. The molecule has 0 saturated carbocycles. The molecule has 9 heteroatoms. The maximum Gasteiger partial charge on any atom is 0.378 e. The van der Waals surface area contributed by atoms with E-state index in [1.54, 1.807) is 30.3 Å². The molecule has 1 aromatic rings. The van der Waals surface area contributed by atoms with Crippen molar-refractivity contribution in [2.75, 3.05) is 6.54 Å². The first-order valence-corrected chi connectivity index (χ1v) is 8.31. The maximum absolute atomic E-state index is 12.5. The van der Waals surface area contributed by atoms with Crippen LogP contribution in [0.2, 0.25) is 0 Å². The van der Waals surface area contributed by atoms with Gasteiger partial charge in [0.2, 0.25) is 0 Å². The van der Waals surface area contributed by atoms with E-state index in [1.165, 1.54) is 0 Å². The van der Waals surface area contributed by atoms with Crippen molar-refractivity contribution < 1.29 is 19.3 Å². The van der Waals surface area contributed by atoms with Gasteiger partial charge in [-0.2, -0.15) is 5.26 Å². The zero-order valence-corrected chi connectivity index (χ0v) is 15.1. The third kappa shape index (κ3) is 5.05. The van der Waals surface area contributed by atoms with Crippen LogP contribution >= 0.6 is 0 Å². The lowest BCUT2D eigenvalue weighted by Crippen LogP contribution is -2.39. The minimum absolute atomic E-state index is 0.0125. The zero-order chi connectivity index (χ0) is 20.0. The Balaban J connectivity index is 2.28. The number of hydroxylamine groups is 2. The Morgan fingerprint density at radius 3 is 2.33 bits per heavy atom. The molecule has 0 aliphatic carbocycles. The summed E-state index contributed by atoms with van der Waals surface area (Å²) < 4.78 is 0. The molecule has 142 valence electrons. The molecular formula is C18H21N5O4. The van der Waals surface area contributed by atoms with Crippen LogP contribution in [0, 0.1) is 17.2 Å². The molecule has 1 aromatic carbocycles. The Kier molecular flexibility index (Phi) is 6.51. The van der Waals surface area contributed by atoms with Crippen molar-refractivity contribution in [2.24, 2.45) is 22.4 Å². The minimum Gasteiger partial charge on any atom is -0.364 e. The van der Waals surface area contributed by atoms with Crippen molar-refractivity contribution in [3.8, 4) is 6.07 Å². The van der Waals surface area contributed by atoms with E-state index in [4.69, 9.17) is 21.1 Å². The molecule has 0 fully saturated rings. The summed E-state index contributed by atoms with van der Waals surface area (Å²) >= 11 is 0. The number of guanidine groups is 1. The number of rotatable bonds is 5. The van der Waals surface area contributed by atoms with Crippen molar-refractivity contribution >= 4 is 17.9 Å². The van der Waals surface area contributed by atoms with E-state index in [2.05, 4.69) is 4.99 Å². The summed E-state index contributed by atoms with van der Waals surface area (Å²) in [6.45, 7) is 4.56. The molecule has 2 rings (SSSR count). The average molecular weight is 371 g/mol. The van der Waals surface area contributed by atoms with Crippen LogP contribution in [0.1, 0.15) is 25.0 Å². The van der Waals surface area contributed by atoms with Gasteiger partial charge in [-0.1, -0.05) is 38.1 Å². The normalized spacial score (nSPS) is 15.4. The van der Waals surface area contributed by atoms with Gasteiger partial charge in [-0.3, -0.25) is 9.68 Å². The van der Waals surface area contributed by atoms with Crippen LogP contribution in [0.4, 0.5) is 0 Å². The van der Waals surface area contributed by atoms with Gasteiger partial charge in [-0.05, 0) is 17.0 Å². The second kappa shape index (κ2) is 8.82. The van der Waals surface area contributed by atoms with E-state index in [1.807, 2.05) is 13.8 Å². The van der Waals surface area contributed by atoms with Crippen LogP contribution in [-0.4, -0.2) is 29.7 Å². The summed E-state index contributed by atoms with van der Waals surface area (Å²) in [5.74, 6) is -2.05. The van der Waals surface area contributed by atoms with Gasteiger partial charge in [-0.25, -0.2) is 14.6 Å². The monoisotopic (exact) mass is 371 g/mol. The summed E-state index contributed by atoms with van der Waals surface area (Å²) in [6.07, 6.45) is 0.0125. The highest BCUT2D eigenvalue weighted by atomic mass is 17.0. The van der Waals surface area contributed by atoms with Crippen LogP contribution in [0.15, 0.2) is 40.4 Å². The van der Waals surface area contributed by atoms with Gasteiger partial charge in [0.05, 0.1) is 5.57 Å². The van der Waals surface area contributed by atoms with Crippen molar-refractivity contribution in [1.82, 2.24) is 5.23 Å². The van der Waals surface area contributed by atoms with E-state index in [0.29, 0.717) is 23.9 Å². The number of carbonyl (C=O) groups excluding carboxylic acids is 2. The molecule has 1 heterocycles. The summed E-state index contributed by atoms with van der Waals surface area (Å²) in [7, 11) is 0. The van der Waals surface area contributed by atoms with E-state index in [-0.39, 0.29) is 23.9 Å². The molecule has 1 aliphatic heterocycles. The summed E-state index contributed by atoms with van der Waals surface area (Å²) in [5.41, 5.74) is 12.3. The highest BCUT2D eigenvalue weighted by Gasteiger charge is 2.33. The fraction of sp³-hybridized carbons (Fsp3) is 0.333. The zero-order valence-electron chi connectivity index (χ0n) is 15.1. The van der Waals surface area contributed by atoms with E-state index in [9.17, 15) is 14.9 Å². The number of nitrogens with zero attached hydrogens (tertiary/aromatic N) is 3. The van der Waals surface area contributed by atoms with Crippen LogP contribution < -0.4 is 11.5 Å². The molecule has 9 nitrogen and oxygen atoms in total. The highest BCUT2D eigenvalue weighted by molar-refractivity contribution is 6.05. The molecular weight excluding hydrogens is 350 g/mol. The van der Waals surface area contributed by atoms with Gasteiger partial charge in [0, 0.05) is 24.7 Å². The van der Waals surface area contributed by atoms with E-state index >= 15 is 0 Å². The molecule has 0 atom stereocenters. The van der Waals surface area contributed by atoms with Gasteiger partial charge in [0.25, 0.3) is 5.96 Å². The molecule has 4 N–H and O–H groups in total. The van der Waals surface area contributed by atoms with Crippen molar-refractivity contribution in [3.63, 3.8) is 0 Å². The maximum atomic E-state index is 12.5. The molecule has 0 unspecified atom stereocenters. The van der Waals surface area contributed by atoms with Gasteiger partial charge < -0.3 is 11.5 Å². The Bertz CT molecular complexity index is 821. The van der Waals surface area contributed by atoms with Crippen LogP contribution in [-0.2, 0) is 32.2 Å². The van der Waals surface area contributed by atoms with Crippen molar-refractivity contribution in [1.29, 1.82) is 5.26 Å². The predicted octanol–water partition coefficient (Wildman–Crippen LogP) is 0.711.